The molecule has 0 N–H and O–H groups in total. The molecular weight excluding hydrogens is 258 g/mol. The molecule has 0 aliphatic heterocycles. The van der Waals surface area contributed by atoms with Gasteiger partial charge in [-0.1, -0.05) is 12.1 Å². The fourth-order valence-electron chi connectivity index (χ4n) is 1.42. The maximum atomic E-state index is 12.6. The van der Waals surface area contributed by atoms with Gasteiger partial charge in [0.05, 0.1) is 5.75 Å². The number of carbonyl (C=O) groups is 1. The van der Waals surface area contributed by atoms with Gasteiger partial charge in [0.1, 0.15) is 12.1 Å². The zero-order valence-electron chi connectivity index (χ0n) is 9.29. The van der Waals surface area contributed by atoms with Gasteiger partial charge in [0.25, 0.3) is 0 Å². The Morgan fingerprint density at radius 2 is 2.06 bits per heavy atom. The Bertz CT molecular complexity index is 525. The van der Waals surface area contributed by atoms with Gasteiger partial charge in [0.2, 0.25) is 0 Å². The van der Waals surface area contributed by atoms with Crippen LogP contribution in [0.3, 0.4) is 0 Å². The maximum absolute atomic E-state index is 12.6. The maximum Gasteiger partial charge on any atom is 0.319 e. The summed E-state index contributed by atoms with van der Waals surface area (Å²) >= 11 is 1.40. The summed E-state index contributed by atoms with van der Waals surface area (Å²) in [5, 5.41) is 0. The fourth-order valence-corrected chi connectivity index (χ4v) is 2.27. The molecule has 0 radical (unpaired) electrons. The second-order valence-corrected chi connectivity index (χ2v) is 4.55. The van der Waals surface area contributed by atoms with Crippen LogP contribution in [0.15, 0.2) is 41.6 Å². The lowest BCUT2D eigenvalue weighted by molar-refractivity contribution is 0.0678. The molecular formula is C12H10F2N2OS. The monoisotopic (exact) mass is 268 g/mol. The van der Waals surface area contributed by atoms with Crippen LogP contribution in [-0.2, 0) is 5.75 Å². The van der Waals surface area contributed by atoms with Gasteiger partial charge in [-0.15, -0.1) is 11.8 Å². The Labute approximate surface area is 107 Å². The van der Waals surface area contributed by atoms with Crippen molar-refractivity contribution in [1.82, 2.24) is 9.55 Å². The number of benzene rings is 1. The molecule has 0 aliphatic carbocycles. The van der Waals surface area contributed by atoms with Crippen LogP contribution in [-0.4, -0.2) is 15.8 Å². The largest absolute Gasteiger partial charge is 0.319 e. The van der Waals surface area contributed by atoms with Gasteiger partial charge >= 0.3 is 6.55 Å². The van der Waals surface area contributed by atoms with Gasteiger partial charge in [0.15, 0.2) is 0 Å². The number of alkyl halides is 2. The minimum Gasteiger partial charge on any atom is -0.298 e. The molecule has 1 aromatic heterocycles. The minimum atomic E-state index is -2.57. The van der Waals surface area contributed by atoms with Crippen molar-refractivity contribution >= 4 is 18.0 Å². The highest BCUT2D eigenvalue weighted by Crippen LogP contribution is 2.24. The lowest BCUT2D eigenvalue weighted by Gasteiger charge is -2.06. The predicted molar refractivity (Wildman–Crippen MR) is 64.9 cm³/mol. The smallest absolute Gasteiger partial charge is 0.298 e. The van der Waals surface area contributed by atoms with Crippen molar-refractivity contribution in [3.63, 3.8) is 0 Å². The van der Waals surface area contributed by atoms with E-state index in [1.54, 1.807) is 24.3 Å². The van der Waals surface area contributed by atoms with E-state index >= 15 is 0 Å². The van der Waals surface area contributed by atoms with Crippen molar-refractivity contribution in [1.29, 1.82) is 0 Å². The summed E-state index contributed by atoms with van der Waals surface area (Å²) in [6.07, 6.45) is 3.38. The summed E-state index contributed by atoms with van der Waals surface area (Å²) in [6, 6.07) is 6.94. The van der Waals surface area contributed by atoms with E-state index in [0.717, 1.165) is 15.7 Å². The van der Waals surface area contributed by atoms with Gasteiger partial charge in [-0.05, 0) is 12.1 Å². The fraction of sp³-hybridized carbons (Fsp3) is 0.167. The molecule has 2 rings (SSSR count). The second kappa shape index (κ2) is 5.77. The van der Waals surface area contributed by atoms with Gasteiger partial charge in [0, 0.05) is 22.9 Å². The first-order chi connectivity index (χ1) is 8.70. The van der Waals surface area contributed by atoms with Crippen LogP contribution in [0.5, 0.6) is 0 Å². The van der Waals surface area contributed by atoms with Crippen molar-refractivity contribution < 1.29 is 13.6 Å². The molecule has 0 saturated heterocycles. The van der Waals surface area contributed by atoms with Crippen LogP contribution in [0, 0.1) is 0 Å². The molecule has 0 fully saturated rings. The van der Waals surface area contributed by atoms with E-state index in [2.05, 4.69) is 4.98 Å². The van der Waals surface area contributed by atoms with Crippen LogP contribution in [0.4, 0.5) is 8.78 Å². The first-order valence-electron chi connectivity index (χ1n) is 5.18. The number of thioether (sulfide) groups is 1. The van der Waals surface area contributed by atoms with Crippen molar-refractivity contribution in [3.05, 3.63) is 48.0 Å². The first kappa shape index (κ1) is 12.8. The van der Waals surface area contributed by atoms with E-state index in [9.17, 15) is 13.6 Å². The highest BCUT2D eigenvalue weighted by atomic mass is 32.2. The molecule has 0 unspecified atom stereocenters. The number of aldehydes is 1. The minimum absolute atomic E-state index is 0.328. The van der Waals surface area contributed by atoms with Crippen LogP contribution in [0.1, 0.15) is 22.7 Å². The highest BCUT2D eigenvalue weighted by molar-refractivity contribution is 7.98. The van der Waals surface area contributed by atoms with Crippen molar-refractivity contribution in [2.75, 3.05) is 0 Å². The van der Waals surface area contributed by atoms with Crippen molar-refractivity contribution in [2.45, 2.75) is 17.2 Å². The van der Waals surface area contributed by atoms with Crippen molar-refractivity contribution in [2.24, 2.45) is 0 Å². The zero-order chi connectivity index (χ0) is 13.0. The SMILES string of the molecule is O=Cc1ccc(SCc2nccn2C(F)F)cc1. The molecule has 1 heterocycles. The number of aromatic nitrogens is 2. The third-order valence-corrected chi connectivity index (χ3v) is 3.35. The number of nitrogens with zero attached hydrogens (tertiary/aromatic N) is 2. The summed E-state index contributed by atoms with van der Waals surface area (Å²) in [6.45, 7) is -2.57. The molecule has 0 atom stereocenters. The predicted octanol–water partition coefficient (Wildman–Crippen LogP) is 3.38. The molecule has 94 valence electrons. The van der Waals surface area contributed by atoms with Gasteiger partial charge in [-0.2, -0.15) is 8.78 Å². The summed E-state index contributed by atoms with van der Waals surface area (Å²) in [7, 11) is 0. The molecule has 0 saturated carbocycles. The third kappa shape index (κ3) is 2.95. The Morgan fingerprint density at radius 1 is 1.33 bits per heavy atom. The zero-order valence-corrected chi connectivity index (χ0v) is 10.1. The highest BCUT2D eigenvalue weighted by Gasteiger charge is 2.11. The molecule has 18 heavy (non-hydrogen) atoms. The number of carbonyl (C=O) groups excluding carboxylic acids is 1. The lowest BCUT2D eigenvalue weighted by atomic mass is 10.2. The van der Waals surface area contributed by atoms with Gasteiger partial charge in [-0.25, -0.2) is 4.98 Å². The number of hydrogen-bond donors (Lipinski definition) is 0. The lowest BCUT2D eigenvalue weighted by Crippen LogP contribution is -2.01. The average Bonchev–Trinajstić information content (AvgIpc) is 2.85. The molecule has 3 nitrogen and oxygen atoms in total. The molecule has 0 spiro atoms. The van der Waals surface area contributed by atoms with Crippen molar-refractivity contribution in [3.8, 4) is 0 Å². The standard InChI is InChI=1S/C12H10F2N2OS/c13-12(14)16-6-5-15-11(16)8-18-10-3-1-9(7-17)2-4-10/h1-7,12H,8H2. The Morgan fingerprint density at radius 3 is 2.67 bits per heavy atom. The number of hydrogen-bond acceptors (Lipinski definition) is 3. The number of rotatable bonds is 5. The first-order valence-corrected chi connectivity index (χ1v) is 6.17. The van der Waals surface area contributed by atoms with E-state index in [1.165, 1.54) is 24.2 Å². The van der Waals surface area contributed by atoms with E-state index in [-0.39, 0.29) is 0 Å². The Balaban J connectivity index is 2.02. The van der Waals surface area contributed by atoms with E-state index < -0.39 is 6.55 Å². The molecule has 0 amide bonds. The Hall–Kier alpha value is -1.69. The topological polar surface area (TPSA) is 34.9 Å². The summed E-state index contributed by atoms with van der Waals surface area (Å²) < 4.78 is 26.0. The number of imidazole rings is 1. The quantitative estimate of drug-likeness (QED) is 0.616. The van der Waals surface area contributed by atoms with Crippen LogP contribution in [0.25, 0.3) is 0 Å². The molecule has 2 aromatic rings. The van der Waals surface area contributed by atoms with Gasteiger partial charge in [-0.3, -0.25) is 9.36 Å². The van der Waals surface area contributed by atoms with E-state index in [0.29, 0.717) is 17.1 Å². The summed E-state index contributed by atoms with van der Waals surface area (Å²) in [4.78, 5) is 15.3. The number of halogens is 2. The van der Waals surface area contributed by atoms with E-state index in [1.807, 2.05) is 0 Å². The normalized spacial score (nSPS) is 10.8. The molecule has 0 bridgehead atoms. The summed E-state index contributed by atoms with van der Waals surface area (Å²) in [5.74, 6) is 0.687. The van der Waals surface area contributed by atoms with Crippen LogP contribution < -0.4 is 0 Å². The van der Waals surface area contributed by atoms with Gasteiger partial charge < -0.3 is 0 Å². The van der Waals surface area contributed by atoms with E-state index in [4.69, 9.17) is 0 Å². The molecule has 0 aliphatic rings. The summed E-state index contributed by atoms with van der Waals surface area (Å²) in [5.41, 5.74) is 0.591. The Kier molecular flexibility index (Phi) is 4.09. The van der Waals surface area contributed by atoms with Crippen LogP contribution in [0.2, 0.25) is 0 Å². The third-order valence-electron chi connectivity index (χ3n) is 2.34. The average molecular weight is 268 g/mol. The molecule has 6 heteroatoms. The second-order valence-electron chi connectivity index (χ2n) is 3.50. The van der Waals surface area contributed by atoms with Crippen LogP contribution >= 0.6 is 11.8 Å². The molecule has 1 aromatic carbocycles.